The summed E-state index contributed by atoms with van der Waals surface area (Å²) >= 11 is 0. The summed E-state index contributed by atoms with van der Waals surface area (Å²) in [5.74, 6) is 0.949. The molecule has 0 fully saturated rings. The zero-order chi connectivity index (χ0) is 28.3. The zero-order valence-corrected chi connectivity index (χ0v) is 22.1. The largest absolute Gasteiger partial charge is 0.530 e. The molecule has 1 heterocycles. The highest BCUT2D eigenvalue weighted by Crippen LogP contribution is 2.34. The van der Waals surface area contributed by atoms with Gasteiger partial charge in [-0.2, -0.15) is 0 Å². The van der Waals surface area contributed by atoms with E-state index in [1.807, 2.05) is 0 Å². The summed E-state index contributed by atoms with van der Waals surface area (Å²) in [5.41, 5.74) is -0.513. The number of aromatic nitrogens is 1. The van der Waals surface area contributed by atoms with E-state index >= 15 is 0 Å². The number of hydrogen-bond acceptors (Lipinski definition) is 8. The molecule has 0 aliphatic rings. The fourth-order valence-corrected chi connectivity index (χ4v) is 3.83. The molecule has 0 aliphatic heterocycles. The standard InChI is InChI=1S/C28H31N3O7/c1-27(2,3)30(25(33)34)18-7-11-20(12-8-18)37-23-15-29-16-24(22(23)17-32)38-21-13-9-19(10-14-21)31(26(35)36)28(4,5)6/h7-17H,1-6H3,(H,33,34)(H,35,36)/p-2. The number of aldehydes is 1. The van der Waals surface area contributed by atoms with Gasteiger partial charge in [-0.25, -0.2) is 0 Å². The van der Waals surface area contributed by atoms with Gasteiger partial charge in [-0.05, 0) is 90.1 Å². The van der Waals surface area contributed by atoms with Crippen molar-refractivity contribution < 1.29 is 34.1 Å². The molecular weight excluding hydrogens is 490 g/mol. The van der Waals surface area contributed by atoms with E-state index in [0.29, 0.717) is 29.2 Å². The molecule has 0 saturated heterocycles. The summed E-state index contributed by atoms with van der Waals surface area (Å²) in [5, 5.41) is 23.2. The van der Waals surface area contributed by atoms with E-state index in [9.17, 15) is 24.6 Å². The van der Waals surface area contributed by atoms with Crippen LogP contribution in [0.25, 0.3) is 0 Å². The summed E-state index contributed by atoms with van der Waals surface area (Å²) in [7, 11) is 0. The maximum absolute atomic E-state index is 11.9. The van der Waals surface area contributed by atoms with Crippen molar-refractivity contribution in [3.05, 3.63) is 66.5 Å². The van der Waals surface area contributed by atoms with Crippen LogP contribution in [-0.2, 0) is 0 Å². The molecule has 3 rings (SSSR count). The molecule has 10 nitrogen and oxygen atoms in total. The Morgan fingerprint density at radius 2 is 1.05 bits per heavy atom. The number of anilines is 2. The summed E-state index contributed by atoms with van der Waals surface area (Å²) < 4.78 is 11.7. The summed E-state index contributed by atoms with van der Waals surface area (Å²) in [6.45, 7) is 10.5. The Labute approximate surface area is 221 Å². The quantitative estimate of drug-likeness (QED) is 0.420. The highest BCUT2D eigenvalue weighted by Gasteiger charge is 2.24. The maximum atomic E-state index is 11.9. The van der Waals surface area contributed by atoms with Crippen LogP contribution in [0.15, 0.2) is 60.9 Å². The van der Waals surface area contributed by atoms with Gasteiger partial charge in [0.2, 0.25) is 0 Å². The Kier molecular flexibility index (Phi) is 7.95. The summed E-state index contributed by atoms with van der Waals surface area (Å²) in [6, 6.07) is 12.5. The second-order valence-corrected chi connectivity index (χ2v) is 10.4. The van der Waals surface area contributed by atoms with Gasteiger partial charge in [-0.1, -0.05) is 0 Å². The van der Waals surface area contributed by atoms with Crippen LogP contribution in [0.2, 0.25) is 0 Å². The Morgan fingerprint density at radius 3 is 1.32 bits per heavy atom. The van der Waals surface area contributed by atoms with E-state index in [1.165, 1.54) is 12.4 Å². The van der Waals surface area contributed by atoms with Crippen LogP contribution in [0.1, 0.15) is 51.9 Å². The molecule has 10 heteroatoms. The average Bonchev–Trinajstić information content (AvgIpc) is 2.79. The van der Waals surface area contributed by atoms with Crippen LogP contribution in [0, 0.1) is 0 Å². The van der Waals surface area contributed by atoms with E-state index in [-0.39, 0.29) is 17.1 Å². The van der Waals surface area contributed by atoms with Gasteiger partial charge in [0.25, 0.3) is 0 Å². The number of carboxylic acid groups (broad SMARTS) is 2. The normalized spacial score (nSPS) is 11.4. The number of hydrogen-bond donors (Lipinski definition) is 0. The SMILES string of the molecule is CC(C)(C)N(C(=O)[O-])c1ccc(Oc2cncc(Oc3ccc(N(C(=O)[O-])C(C)(C)C)cc3)c2C=O)cc1. The molecule has 0 aliphatic carbocycles. The zero-order valence-electron chi connectivity index (χ0n) is 22.1. The van der Waals surface area contributed by atoms with Gasteiger partial charge in [0, 0.05) is 22.5 Å². The first-order chi connectivity index (χ1) is 17.7. The van der Waals surface area contributed by atoms with E-state index in [4.69, 9.17) is 9.47 Å². The summed E-state index contributed by atoms with van der Waals surface area (Å²) in [6.07, 6.45) is 0.628. The number of pyridine rings is 1. The van der Waals surface area contributed by atoms with Gasteiger partial charge in [0.05, 0.1) is 12.4 Å². The lowest BCUT2D eigenvalue weighted by Crippen LogP contribution is -2.52. The molecule has 0 radical (unpaired) electrons. The lowest BCUT2D eigenvalue weighted by atomic mass is 10.1. The lowest BCUT2D eigenvalue weighted by molar-refractivity contribution is -0.248. The molecule has 0 bridgehead atoms. The van der Waals surface area contributed by atoms with Gasteiger partial charge in [0.1, 0.15) is 29.2 Å². The van der Waals surface area contributed by atoms with Crippen LogP contribution in [0.3, 0.4) is 0 Å². The number of amides is 2. The number of carbonyl (C=O) groups excluding carboxylic acids is 3. The van der Waals surface area contributed by atoms with Gasteiger partial charge in [-0.3, -0.25) is 9.78 Å². The first-order valence-electron chi connectivity index (χ1n) is 11.7. The Hall–Kier alpha value is -4.60. The van der Waals surface area contributed by atoms with Crippen LogP contribution < -0.4 is 29.5 Å². The van der Waals surface area contributed by atoms with Crippen molar-refractivity contribution >= 4 is 29.8 Å². The predicted molar refractivity (Wildman–Crippen MR) is 138 cm³/mol. The lowest BCUT2D eigenvalue weighted by Gasteiger charge is -2.37. The number of benzene rings is 2. The smallest absolute Gasteiger partial charge is 0.159 e. The molecule has 2 amide bonds. The first-order valence-corrected chi connectivity index (χ1v) is 11.7. The molecule has 2 aromatic carbocycles. The van der Waals surface area contributed by atoms with E-state index in [1.54, 1.807) is 90.1 Å². The van der Waals surface area contributed by atoms with E-state index in [2.05, 4.69) is 4.98 Å². The molecule has 0 saturated carbocycles. The topological polar surface area (TPSA) is 135 Å². The van der Waals surface area contributed by atoms with Crippen LogP contribution in [0.5, 0.6) is 23.0 Å². The van der Waals surface area contributed by atoms with Crippen LogP contribution in [-0.4, -0.2) is 34.5 Å². The van der Waals surface area contributed by atoms with Crippen molar-refractivity contribution in [2.24, 2.45) is 0 Å². The van der Waals surface area contributed by atoms with Crippen molar-refractivity contribution in [1.82, 2.24) is 4.98 Å². The second-order valence-electron chi connectivity index (χ2n) is 10.4. The van der Waals surface area contributed by atoms with Gasteiger partial charge >= 0.3 is 0 Å². The molecule has 0 atom stereocenters. The average molecular weight is 520 g/mol. The van der Waals surface area contributed by atoms with Gasteiger partial charge < -0.3 is 39.1 Å². The highest BCUT2D eigenvalue weighted by molar-refractivity contribution is 5.87. The van der Waals surface area contributed by atoms with Crippen molar-refractivity contribution in [2.75, 3.05) is 9.80 Å². The van der Waals surface area contributed by atoms with Gasteiger partial charge in [0.15, 0.2) is 17.8 Å². The third kappa shape index (κ3) is 6.39. The molecule has 0 spiro atoms. The van der Waals surface area contributed by atoms with E-state index < -0.39 is 23.3 Å². The Bertz CT molecular complexity index is 1210. The Balaban J connectivity index is 1.83. The molecular formula is C28H29N3O7-2. The first kappa shape index (κ1) is 28.0. The number of ether oxygens (including phenoxy) is 2. The van der Waals surface area contributed by atoms with Crippen molar-refractivity contribution in [3.8, 4) is 23.0 Å². The van der Waals surface area contributed by atoms with Crippen molar-refractivity contribution in [1.29, 1.82) is 0 Å². The van der Waals surface area contributed by atoms with Gasteiger partial charge in [-0.15, -0.1) is 0 Å². The molecule has 38 heavy (non-hydrogen) atoms. The third-order valence-electron chi connectivity index (χ3n) is 5.38. The van der Waals surface area contributed by atoms with Crippen molar-refractivity contribution in [2.45, 2.75) is 52.6 Å². The van der Waals surface area contributed by atoms with Crippen LogP contribution >= 0.6 is 0 Å². The fourth-order valence-electron chi connectivity index (χ4n) is 3.83. The Morgan fingerprint density at radius 1 is 0.711 bits per heavy atom. The fraction of sp³-hybridized carbons (Fsp3) is 0.286. The van der Waals surface area contributed by atoms with Crippen molar-refractivity contribution in [3.63, 3.8) is 0 Å². The minimum atomic E-state index is -1.33. The number of carbonyl (C=O) groups is 3. The monoisotopic (exact) mass is 519 g/mol. The molecule has 0 unspecified atom stereocenters. The third-order valence-corrected chi connectivity index (χ3v) is 5.38. The number of rotatable bonds is 7. The molecule has 0 N–H and O–H groups in total. The number of nitrogens with zero attached hydrogens (tertiary/aromatic N) is 3. The summed E-state index contributed by atoms with van der Waals surface area (Å²) in [4.78, 5) is 41.5. The highest BCUT2D eigenvalue weighted by atomic mass is 16.5. The molecule has 200 valence electrons. The molecule has 1 aromatic heterocycles. The molecule has 3 aromatic rings. The maximum Gasteiger partial charge on any atom is 0.159 e. The van der Waals surface area contributed by atoms with E-state index in [0.717, 1.165) is 9.80 Å². The predicted octanol–water partition coefficient (Wildman–Crippen LogP) is 4.38. The second kappa shape index (κ2) is 10.8. The minimum Gasteiger partial charge on any atom is -0.530 e. The van der Waals surface area contributed by atoms with Crippen LogP contribution in [0.4, 0.5) is 21.0 Å². The minimum absolute atomic E-state index is 0.102.